The number of hydrogen-bond acceptors (Lipinski definition) is 4. The first-order valence-electron chi connectivity index (χ1n) is 11.8. The molecule has 2 amide bonds. The Kier molecular flexibility index (Phi) is 7.54. The second-order valence-corrected chi connectivity index (χ2v) is 8.82. The van der Waals surface area contributed by atoms with Crippen LogP contribution in [0.5, 0.6) is 11.5 Å². The molecule has 0 aliphatic carbocycles. The predicted molar refractivity (Wildman–Crippen MR) is 144 cm³/mol. The molecule has 6 nitrogen and oxygen atoms in total. The topological polar surface area (TPSA) is 76.7 Å². The molecule has 36 heavy (non-hydrogen) atoms. The van der Waals surface area contributed by atoms with Crippen molar-refractivity contribution < 1.29 is 19.1 Å². The maximum Gasteiger partial charge on any atom is 0.262 e. The average molecular weight is 483 g/mol. The van der Waals surface area contributed by atoms with E-state index in [2.05, 4.69) is 10.6 Å². The lowest BCUT2D eigenvalue weighted by molar-refractivity contribution is -0.118. The number of nitrogens with one attached hydrogen (secondary N) is 2. The number of amides is 2. The van der Waals surface area contributed by atoms with Crippen LogP contribution in [0.25, 0.3) is 10.8 Å². The van der Waals surface area contributed by atoms with Crippen molar-refractivity contribution in [3.63, 3.8) is 0 Å². The summed E-state index contributed by atoms with van der Waals surface area (Å²) < 4.78 is 11.6. The summed E-state index contributed by atoms with van der Waals surface area (Å²) >= 11 is 0. The fourth-order valence-electron chi connectivity index (χ4n) is 4.23. The van der Waals surface area contributed by atoms with Crippen LogP contribution < -0.4 is 20.1 Å². The molecule has 2 N–H and O–H groups in total. The van der Waals surface area contributed by atoms with Crippen LogP contribution in [0, 0.1) is 27.7 Å². The Morgan fingerprint density at radius 1 is 0.556 bits per heavy atom. The quantitative estimate of drug-likeness (QED) is 0.318. The Bertz CT molecular complexity index is 1280. The van der Waals surface area contributed by atoms with Crippen LogP contribution >= 0.6 is 0 Å². The molecular formula is C30H30N2O4. The minimum atomic E-state index is -0.262. The summed E-state index contributed by atoms with van der Waals surface area (Å²) in [5, 5.41) is 7.49. The lowest BCUT2D eigenvalue weighted by Gasteiger charge is -2.15. The highest BCUT2D eigenvalue weighted by Crippen LogP contribution is 2.30. The molecule has 0 unspecified atom stereocenters. The van der Waals surface area contributed by atoms with E-state index in [4.69, 9.17) is 9.47 Å². The van der Waals surface area contributed by atoms with Crippen molar-refractivity contribution in [2.24, 2.45) is 0 Å². The van der Waals surface area contributed by atoms with Crippen LogP contribution in [0.1, 0.15) is 22.3 Å². The Morgan fingerprint density at radius 2 is 0.889 bits per heavy atom. The SMILES string of the molecule is Cc1cccc(C)c1OCC(=O)Nc1cccc2c(NC(=O)COc3c(C)cccc3C)cccc12. The number of anilines is 2. The minimum Gasteiger partial charge on any atom is -0.483 e. The van der Waals surface area contributed by atoms with E-state index in [0.29, 0.717) is 11.4 Å². The molecule has 0 saturated heterocycles. The summed E-state index contributed by atoms with van der Waals surface area (Å²) in [6, 6.07) is 22.9. The lowest BCUT2D eigenvalue weighted by atomic mass is 10.1. The fraction of sp³-hybridized carbons (Fsp3) is 0.200. The Morgan fingerprint density at radius 3 is 1.25 bits per heavy atom. The molecule has 4 aromatic carbocycles. The second-order valence-electron chi connectivity index (χ2n) is 8.82. The van der Waals surface area contributed by atoms with E-state index < -0.39 is 0 Å². The zero-order chi connectivity index (χ0) is 25.7. The van der Waals surface area contributed by atoms with Crippen LogP contribution in [0.15, 0.2) is 72.8 Å². The number of carbonyl (C=O) groups excluding carboxylic acids is 2. The van der Waals surface area contributed by atoms with Gasteiger partial charge in [-0.05, 0) is 62.1 Å². The van der Waals surface area contributed by atoms with Gasteiger partial charge in [0, 0.05) is 22.1 Å². The van der Waals surface area contributed by atoms with Gasteiger partial charge in [-0.2, -0.15) is 0 Å². The summed E-state index contributed by atoms with van der Waals surface area (Å²) in [5.74, 6) is 0.917. The Labute approximate surface area is 211 Å². The third kappa shape index (κ3) is 5.66. The summed E-state index contributed by atoms with van der Waals surface area (Å²) in [7, 11) is 0. The third-order valence-corrected chi connectivity index (χ3v) is 5.98. The first-order valence-corrected chi connectivity index (χ1v) is 11.8. The van der Waals surface area contributed by atoms with Gasteiger partial charge in [0.2, 0.25) is 0 Å². The van der Waals surface area contributed by atoms with Crippen LogP contribution in [0.4, 0.5) is 11.4 Å². The van der Waals surface area contributed by atoms with Crippen molar-refractivity contribution in [1.29, 1.82) is 0 Å². The van der Waals surface area contributed by atoms with Gasteiger partial charge in [-0.1, -0.05) is 60.7 Å². The van der Waals surface area contributed by atoms with Crippen LogP contribution in [-0.2, 0) is 9.59 Å². The van der Waals surface area contributed by atoms with Crippen LogP contribution in [-0.4, -0.2) is 25.0 Å². The molecule has 0 fully saturated rings. The van der Waals surface area contributed by atoms with E-state index >= 15 is 0 Å². The number of aryl methyl sites for hydroxylation is 4. The number of para-hydroxylation sites is 2. The molecule has 6 heteroatoms. The van der Waals surface area contributed by atoms with Gasteiger partial charge in [0.15, 0.2) is 13.2 Å². The average Bonchev–Trinajstić information content (AvgIpc) is 2.84. The van der Waals surface area contributed by atoms with Crippen molar-refractivity contribution in [2.75, 3.05) is 23.8 Å². The normalized spacial score (nSPS) is 10.7. The van der Waals surface area contributed by atoms with Gasteiger partial charge in [0.25, 0.3) is 11.8 Å². The van der Waals surface area contributed by atoms with Gasteiger partial charge in [-0.3, -0.25) is 9.59 Å². The summed E-state index contributed by atoms with van der Waals surface area (Å²) in [6.45, 7) is 7.60. The number of rotatable bonds is 8. The Hall–Kier alpha value is -4.32. The molecule has 184 valence electrons. The van der Waals surface area contributed by atoms with Crippen molar-refractivity contribution >= 4 is 34.0 Å². The van der Waals surface area contributed by atoms with Crippen molar-refractivity contribution in [1.82, 2.24) is 0 Å². The van der Waals surface area contributed by atoms with Crippen molar-refractivity contribution in [3.05, 3.63) is 95.1 Å². The van der Waals surface area contributed by atoms with Gasteiger partial charge in [-0.15, -0.1) is 0 Å². The van der Waals surface area contributed by atoms with E-state index in [-0.39, 0.29) is 25.0 Å². The minimum absolute atomic E-state index is 0.103. The van der Waals surface area contributed by atoms with E-state index in [1.54, 1.807) is 0 Å². The lowest BCUT2D eigenvalue weighted by Crippen LogP contribution is -2.21. The van der Waals surface area contributed by atoms with Gasteiger partial charge in [-0.25, -0.2) is 0 Å². The van der Waals surface area contributed by atoms with Gasteiger partial charge in [0.1, 0.15) is 11.5 Å². The molecule has 4 aromatic rings. The van der Waals surface area contributed by atoms with Gasteiger partial charge >= 0.3 is 0 Å². The molecule has 0 aromatic heterocycles. The highest BCUT2D eigenvalue weighted by Gasteiger charge is 2.13. The molecule has 0 saturated carbocycles. The monoisotopic (exact) mass is 482 g/mol. The van der Waals surface area contributed by atoms with E-state index in [9.17, 15) is 9.59 Å². The maximum absolute atomic E-state index is 12.7. The highest BCUT2D eigenvalue weighted by molar-refractivity contribution is 6.09. The number of ether oxygens (including phenoxy) is 2. The fourth-order valence-corrected chi connectivity index (χ4v) is 4.23. The van der Waals surface area contributed by atoms with Gasteiger partial charge in [0.05, 0.1) is 0 Å². The molecular weight excluding hydrogens is 452 g/mol. The number of fused-ring (bicyclic) bond motifs is 1. The zero-order valence-electron chi connectivity index (χ0n) is 21.0. The van der Waals surface area contributed by atoms with E-state index in [1.807, 2.05) is 100 Å². The van der Waals surface area contributed by atoms with Crippen molar-refractivity contribution in [3.8, 4) is 11.5 Å². The van der Waals surface area contributed by atoms with Crippen LogP contribution in [0.3, 0.4) is 0 Å². The molecule has 0 aliphatic heterocycles. The number of benzene rings is 4. The molecule has 0 spiro atoms. The summed E-state index contributed by atoms with van der Waals surface area (Å²) in [6.07, 6.45) is 0. The summed E-state index contributed by atoms with van der Waals surface area (Å²) in [5.41, 5.74) is 5.21. The van der Waals surface area contributed by atoms with Crippen LogP contribution in [0.2, 0.25) is 0 Å². The predicted octanol–water partition coefficient (Wildman–Crippen LogP) is 6.11. The molecule has 0 bridgehead atoms. The largest absolute Gasteiger partial charge is 0.483 e. The first kappa shape index (κ1) is 24.8. The highest BCUT2D eigenvalue weighted by atomic mass is 16.5. The van der Waals surface area contributed by atoms with E-state index in [1.165, 1.54) is 0 Å². The molecule has 0 radical (unpaired) electrons. The van der Waals surface area contributed by atoms with E-state index in [0.717, 1.165) is 44.5 Å². The number of hydrogen-bond donors (Lipinski definition) is 2. The summed E-state index contributed by atoms with van der Waals surface area (Å²) in [4.78, 5) is 25.3. The Balaban J connectivity index is 1.44. The third-order valence-electron chi connectivity index (χ3n) is 5.98. The molecule has 4 rings (SSSR count). The zero-order valence-corrected chi connectivity index (χ0v) is 21.0. The maximum atomic E-state index is 12.7. The van der Waals surface area contributed by atoms with Crippen molar-refractivity contribution in [2.45, 2.75) is 27.7 Å². The van der Waals surface area contributed by atoms with Gasteiger partial charge < -0.3 is 20.1 Å². The molecule has 0 atom stereocenters. The second kappa shape index (κ2) is 11.0. The smallest absolute Gasteiger partial charge is 0.262 e. The molecule has 0 heterocycles. The standard InChI is InChI=1S/C30H30N2O4/c1-19-9-5-10-20(2)29(19)35-17-27(33)31-25-15-7-14-24-23(25)13-8-16-26(24)32-28(34)18-36-30-21(3)11-6-12-22(30)4/h5-16H,17-18H2,1-4H3,(H,31,33)(H,32,34). The number of carbonyl (C=O) groups is 2. The first-order chi connectivity index (χ1) is 17.3. The molecule has 0 aliphatic rings.